The van der Waals surface area contributed by atoms with Crippen molar-refractivity contribution in [1.29, 1.82) is 0 Å². The lowest BCUT2D eigenvalue weighted by molar-refractivity contribution is 0.701. The van der Waals surface area contributed by atoms with Gasteiger partial charge in [-0.15, -0.1) is 18.9 Å². The van der Waals surface area contributed by atoms with Crippen LogP contribution in [-0.4, -0.2) is 18.9 Å². The summed E-state index contributed by atoms with van der Waals surface area (Å²) in [5.41, 5.74) is 9.00. The van der Waals surface area contributed by atoms with Gasteiger partial charge in [0.05, 0.1) is 0 Å². The molecular weight excluding hydrogens is 384 g/mol. The highest BCUT2D eigenvalue weighted by molar-refractivity contribution is 9.09. The van der Waals surface area contributed by atoms with Crippen LogP contribution in [0.3, 0.4) is 0 Å². The van der Waals surface area contributed by atoms with Gasteiger partial charge in [-0.3, -0.25) is 0 Å². The number of halogens is 1. The SMILES string of the molecule is C#CCCCc1c(CC)c(CC)c(CNC)c(CC=C)c1CNCCBr. The maximum Gasteiger partial charge on any atom is 0.0211 e. The third kappa shape index (κ3) is 5.98. The van der Waals surface area contributed by atoms with Gasteiger partial charge in [-0.1, -0.05) is 35.9 Å². The van der Waals surface area contributed by atoms with Crippen LogP contribution in [0.5, 0.6) is 0 Å². The Morgan fingerprint density at radius 2 is 1.69 bits per heavy atom. The van der Waals surface area contributed by atoms with Gasteiger partial charge in [0.25, 0.3) is 0 Å². The van der Waals surface area contributed by atoms with Gasteiger partial charge in [0, 0.05) is 31.4 Å². The van der Waals surface area contributed by atoms with E-state index in [9.17, 15) is 0 Å². The minimum Gasteiger partial charge on any atom is -0.316 e. The Kier molecular flexibility index (Phi) is 11.6. The fraction of sp³-hybridized carbons (Fsp3) is 0.565. The minimum atomic E-state index is 0.841. The standard InChI is InChI=1S/C23H35BrN2/c1-6-10-11-13-21-18(8-3)19(9-4)22(16-25-5)20(12-7-2)23(21)17-26-15-14-24/h1,7,25-26H,2,8-17H2,3-5H3. The van der Waals surface area contributed by atoms with E-state index < -0.39 is 0 Å². The highest BCUT2D eigenvalue weighted by Gasteiger charge is 2.20. The van der Waals surface area contributed by atoms with E-state index in [1.807, 2.05) is 13.1 Å². The molecule has 0 heterocycles. The molecule has 0 aliphatic heterocycles. The van der Waals surface area contributed by atoms with Crippen molar-refractivity contribution in [3.8, 4) is 12.3 Å². The van der Waals surface area contributed by atoms with E-state index in [1.54, 1.807) is 5.56 Å². The molecule has 0 aliphatic carbocycles. The van der Waals surface area contributed by atoms with Crippen LogP contribution < -0.4 is 10.6 Å². The normalized spacial score (nSPS) is 10.7. The fourth-order valence-corrected chi connectivity index (χ4v) is 4.17. The number of terminal acetylenes is 1. The monoisotopic (exact) mass is 418 g/mol. The zero-order chi connectivity index (χ0) is 19.4. The maximum atomic E-state index is 5.51. The Balaban J connectivity index is 3.60. The lowest BCUT2D eigenvalue weighted by Crippen LogP contribution is -2.22. The number of rotatable bonds is 13. The highest BCUT2D eigenvalue weighted by atomic mass is 79.9. The maximum absolute atomic E-state index is 5.51. The predicted octanol–water partition coefficient (Wildman–Crippen LogP) is 4.70. The highest BCUT2D eigenvalue weighted by Crippen LogP contribution is 2.32. The smallest absolute Gasteiger partial charge is 0.0211 e. The minimum absolute atomic E-state index is 0.841. The summed E-state index contributed by atoms with van der Waals surface area (Å²) in [5.74, 6) is 2.80. The van der Waals surface area contributed by atoms with E-state index in [1.165, 1.54) is 27.8 Å². The summed E-state index contributed by atoms with van der Waals surface area (Å²) in [4.78, 5) is 0. The van der Waals surface area contributed by atoms with Crippen LogP contribution in [0.4, 0.5) is 0 Å². The molecule has 0 saturated carbocycles. The molecule has 0 aromatic heterocycles. The Morgan fingerprint density at radius 1 is 1.04 bits per heavy atom. The molecule has 0 fully saturated rings. The molecule has 0 bridgehead atoms. The number of nitrogens with one attached hydrogen (secondary N) is 2. The summed E-state index contributed by atoms with van der Waals surface area (Å²) in [6.45, 7) is 11.4. The van der Waals surface area contributed by atoms with Gasteiger partial charge in [0.15, 0.2) is 0 Å². The molecule has 0 saturated heterocycles. The summed E-state index contributed by atoms with van der Waals surface area (Å²) in [5, 5.41) is 7.95. The van der Waals surface area contributed by atoms with Gasteiger partial charge in [0.1, 0.15) is 0 Å². The zero-order valence-corrected chi connectivity index (χ0v) is 18.4. The lowest BCUT2D eigenvalue weighted by Gasteiger charge is -2.26. The summed E-state index contributed by atoms with van der Waals surface area (Å²) in [6, 6.07) is 0. The Bertz CT molecular complexity index is 614. The largest absolute Gasteiger partial charge is 0.316 e. The van der Waals surface area contributed by atoms with Gasteiger partial charge in [-0.05, 0) is 72.5 Å². The first-order valence-corrected chi connectivity index (χ1v) is 10.9. The first-order valence-electron chi connectivity index (χ1n) is 9.82. The molecule has 0 radical (unpaired) electrons. The molecule has 144 valence electrons. The first kappa shape index (κ1) is 23.0. The number of unbranched alkanes of at least 4 members (excludes halogenated alkanes) is 1. The number of hydrogen-bond donors (Lipinski definition) is 2. The first-order chi connectivity index (χ1) is 12.7. The van der Waals surface area contributed by atoms with Gasteiger partial charge in [-0.2, -0.15) is 0 Å². The molecule has 1 rings (SSSR count). The van der Waals surface area contributed by atoms with Crippen LogP contribution in [0.15, 0.2) is 12.7 Å². The summed E-state index contributed by atoms with van der Waals surface area (Å²) in [6.07, 6.45) is 13.6. The van der Waals surface area contributed by atoms with Crippen molar-refractivity contribution in [2.45, 2.75) is 65.5 Å². The van der Waals surface area contributed by atoms with E-state index in [4.69, 9.17) is 6.42 Å². The summed E-state index contributed by atoms with van der Waals surface area (Å²) >= 11 is 3.52. The van der Waals surface area contributed by atoms with Crippen molar-refractivity contribution in [3.63, 3.8) is 0 Å². The molecule has 1 aromatic rings. The lowest BCUT2D eigenvalue weighted by atomic mass is 9.81. The topological polar surface area (TPSA) is 24.1 Å². The molecule has 0 atom stereocenters. The Morgan fingerprint density at radius 3 is 2.23 bits per heavy atom. The average Bonchev–Trinajstić information content (AvgIpc) is 2.65. The van der Waals surface area contributed by atoms with E-state index in [0.29, 0.717) is 0 Å². The Hall–Kier alpha value is -1.08. The number of allylic oxidation sites excluding steroid dienone is 1. The van der Waals surface area contributed by atoms with Gasteiger partial charge >= 0.3 is 0 Å². The van der Waals surface area contributed by atoms with Crippen molar-refractivity contribution in [2.75, 3.05) is 18.9 Å². The second kappa shape index (κ2) is 13.1. The van der Waals surface area contributed by atoms with Crippen LogP contribution >= 0.6 is 15.9 Å². The van der Waals surface area contributed by atoms with E-state index in [2.05, 4.69) is 52.9 Å². The van der Waals surface area contributed by atoms with Crippen molar-refractivity contribution >= 4 is 15.9 Å². The van der Waals surface area contributed by atoms with Crippen LogP contribution in [0.25, 0.3) is 0 Å². The van der Waals surface area contributed by atoms with Crippen LogP contribution in [-0.2, 0) is 38.8 Å². The third-order valence-corrected chi connectivity index (χ3v) is 5.31. The average molecular weight is 419 g/mol. The molecule has 3 heteroatoms. The molecule has 26 heavy (non-hydrogen) atoms. The molecule has 0 aliphatic rings. The van der Waals surface area contributed by atoms with Crippen LogP contribution in [0.2, 0.25) is 0 Å². The summed E-state index contributed by atoms with van der Waals surface area (Å²) in [7, 11) is 2.03. The second-order valence-electron chi connectivity index (χ2n) is 6.52. The molecule has 0 amide bonds. The molecule has 1 aromatic carbocycles. The van der Waals surface area contributed by atoms with Crippen molar-refractivity contribution < 1.29 is 0 Å². The second-order valence-corrected chi connectivity index (χ2v) is 7.32. The quantitative estimate of drug-likeness (QED) is 0.210. The van der Waals surface area contributed by atoms with Gasteiger partial charge in [0.2, 0.25) is 0 Å². The van der Waals surface area contributed by atoms with E-state index >= 15 is 0 Å². The zero-order valence-electron chi connectivity index (χ0n) is 16.8. The predicted molar refractivity (Wildman–Crippen MR) is 119 cm³/mol. The molecule has 0 unspecified atom stereocenters. The van der Waals surface area contributed by atoms with Crippen molar-refractivity contribution in [1.82, 2.24) is 10.6 Å². The number of hydrogen-bond acceptors (Lipinski definition) is 2. The van der Waals surface area contributed by atoms with Gasteiger partial charge in [-0.25, -0.2) is 0 Å². The van der Waals surface area contributed by atoms with Crippen LogP contribution in [0.1, 0.15) is 60.1 Å². The van der Waals surface area contributed by atoms with Crippen molar-refractivity contribution in [2.24, 2.45) is 0 Å². The fourth-order valence-electron chi connectivity index (χ4n) is 3.89. The number of benzene rings is 1. The van der Waals surface area contributed by atoms with E-state index in [-0.39, 0.29) is 0 Å². The molecule has 0 spiro atoms. The molecule has 2 N–H and O–H groups in total. The van der Waals surface area contributed by atoms with Crippen LogP contribution in [0, 0.1) is 12.3 Å². The van der Waals surface area contributed by atoms with Gasteiger partial charge < -0.3 is 10.6 Å². The molecule has 2 nitrogen and oxygen atoms in total. The molecular formula is C23H35BrN2. The Labute approximate surface area is 169 Å². The van der Waals surface area contributed by atoms with Crippen molar-refractivity contribution in [3.05, 3.63) is 46.0 Å². The third-order valence-electron chi connectivity index (χ3n) is 4.92. The number of alkyl halides is 1. The van der Waals surface area contributed by atoms with E-state index in [0.717, 1.165) is 63.5 Å². The summed E-state index contributed by atoms with van der Waals surface area (Å²) < 4.78 is 0.